The van der Waals surface area contributed by atoms with Crippen LogP contribution in [-0.4, -0.2) is 49.2 Å². The Hall–Kier alpha value is 0.0600. The van der Waals surface area contributed by atoms with E-state index < -0.39 is 20.6 Å². The van der Waals surface area contributed by atoms with Crippen molar-refractivity contribution in [3.8, 4) is 0 Å². The van der Waals surface area contributed by atoms with Crippen LogP contribution in [0.4, 0.5) is 0 Å². The highest BCUT2D eigenvalue weighted by atomic mass is 32.2. The van der Waals surface area contributed by atoms with Crippen molar-refractivity contribution in [2.24, 2.45) is 0 Å². The predicted octanol–water partition coefficient (Wildman–Crippen LogP) is -0.222. The number of sulfone groups is 1. The zero-order valence-corrected chi connectivity index (χ0v) is 10.6. The Labute approximate surface area is 88.8 Å². The lowest BCUT2D eigenvalue weighted by atomic mass is 10.3. The third-order valence-electron chi connectivity index (χ3n) is 1.95. The number of rotatable bonds is 7. The predicted molar refractivity (Wildman–Crippen MR) is 60.7 cm³/mol. The molecule has 0 rings (SSSR count). The van der Waals surface area contributed by atoms with Crippen molar-refractivity contribution in [1.29, 1.82) is 0 Å². The molecule has 0 aliphatic heterocycles. The van der Waals surface area contributed by atoms with Gasteiger partial charge in [-0.25, -0.2) is 8.42 Å². The molecule has 0 aromatic heterocycles. The van der Waals surface area contributed by atoms with Gasteiger partial charge in [-0.1, -0.05) is 0 Å². The summed E-state index contributed by atoms with van der Waals surface area (Å²) in [5.74, 6) is 0.848. The van der Waals surface area contributed by atoms with Crippen molar-refractivity contribution in [3.05, 3.63) is 0 Å². The Kier molecular flexibility index (Phi) is 6.55. The van der Waals surface area contributed by atoms with Crippen molar-refractivity contribution in [2.75, 3.05) is 30.6 Å². The summed E-state index contributed by atoms with van der Waals surface area (Å²) in [6, 6.07) is 0.331. The van der Waals surface area contributed by atoms with Crippen LogP contribution in [0.15, 0.2) is 0 Å². The third kappa shape index (κ3) is 8.65. The normalized spacial score (nSPS) is 16.5. The molecule has 0 aliphatic carbocycles. The molecule has 0 radical (unpaired) electrons. The van der Waals surface area contributed by atoms with Gasteiger partial charge in [-0.2, -0.15) is 0 Å². The van der Waals surface area contributed by atoms with Gasteiger partial charge in [0, 0.05) is 34.6 Å². The maximum absolute atomic E-state index is 11.3. The van der Waals surface area contributed by atoms with E-state index in [1.165, 1.54) is 6.26 Å². The smallest absolute Gasteiger partial charge is 0.148 e. The van der Waals surface area contributed by atoms with E-state index in [0.29, 0.717) is 11.8 Å². The van der Waals surface area contributed by atoms with Gasteiger partial charge in [0.05, 0.1) is 5.75 Å². The van der Waals surface area contributed by atoms with E-state index in [4.69, 9.17) is 0 Å². The largest absolute Gasteiger partial charge is 0.317 e. The molecule has 0 spiro atoms. The zero-order valence-electron chi connectivity index (χ0n) is 8.95. The van der Waals surface area contributed by atoms with E-state index in [0.717, 1.165) is 6.42 Å². The zero-order chi connectivity index (χ0) is 11.2. The lowest BCUT2D eigenvalue weighted by Gasteiger charge is -2.08. The van der Waals surface area contributed by atoms with Crippen molar-refractivity contribution < 1.29 is 12.6 Å². The first-order chi connectivity index (χ1) is 6.35. The molecule has 14 heavy (non-hydrogen) atoms. The Morgan fingerprint density at radius 2 is 1.93 bits per heavy atom. The minimum Gasteiger partial charge on any atom is -0.317 e. The molecule has 0 amide bonds. The van der Waals surface area contributed by atoms with Crippen molar-refractivity contribution in [2.45, 2.75) is 19.4 Å². The first kappa shape index (κ1) is 14.1. The molecular formula is C8H19NO3S2. The van der Waals surface area contributed by atoms with Crippen LogP contribution in [0, 0.1) is 0 Å². The van der Waals surface area contributed by atoms with Gasteiger partial charge in [-0.05, 0) is 20.4 Å². The molecule has 0 heterocycles. The second-order valence-electron chi connectivity index (χ2n) is 3.46. The van der Waals surface area contributed by atoms with Crippen molar-refractivity contribution in [1.82, 2.24) is 5.32 Å². The molecule has 0 aliphatic rings. The van der Waals surface area contributed by atoms with Crippen LogP contribution in [0.3, 0.4) is 0 Å². The molecule has 0 saturated heterocycles. The molecule has 4 nitrogen and oxygen atoms in total. The minimum atomic E-state index is -2.97. The average molecular weight is 241 g/mol. The summed E-state index contributed by atoms with van der Waals surface area (Å²) in [7, 11) is -2.13. The topological polar surface area (TPSA) is 63.2 Å². The van der Waals surface area contributed by atoms with Gasteiger partial charge in [0.15, 0.2) is 0 Å². The van der Waals surface area contributed by atoms with Crippen LogP contribution >= 0.6 is 0 Å². The van der Waals surface area contributed by atoms with Gasteiger partial charge in [0.2, 0.25) is 0 Å². The maximum atomic E-state index is 11.3. The highest BCUT2D eigenvalue weighted by molar-refractivity contribution is 7.92. The number of hydrogen-bond acceptors (Lipinski definition) is 4. The lowest BCUT2D eigenvalue weighted by molar-refractivity contribution is 0.591. The molecule has 86 valence electrons. The third-order valence-corrected chi connectivity index (χ3v) is 4.51. The summed E-state index contributed by atoms with van der Waals surface area (Å²) in [5, 5.41) is 3.04. The second-order valence-corrected chi connectivity index (χ2v) is 7.41. The first-order valence-electron chi connectivity index (χ1n) is 4.55. The Morgan fingerprint density at radius 1 is 1.36 bits per heavy atom. The van der Waals surface area contributed by atoms with Gasteiger partial charge in [0.1, 0.15) is 9.84 Å². The van der Waals surface area contributed by atoms with E-state index in [9.17, 15) is 12.6 Å². The molecule has 0 aromatic carbocycles. The van der Waals surface area contributed by atoms with Crippen LogP contribution in [-0.2, 0) is 20.6 Å². The number of hydrogen-bond donors (Lipinski definition) is 1. The van der Waals surface area contributed by atoms with Gasteiger partial charge in [-0.15, -0.1) is 0 Å². The summed E-state index contributed by atoms with van der Waals surface area (Å²) in [6.07, 6.45) is 1.98. The van der Waals surface area contributed by atoms with E-state index in [-0.39, 0.29) is 11.5 Å². The van der Waals surface area contributed by atoms with Crippen molar-refractivity contribution in [3.63, 3.8) is 0 Å². The summed E-state index contributed by atoms with van der Waals surface area (Å²) >= 11 is 0. The highest BCUT2D eigenvalue weighted by Gasteiger charge is 2.07. The molecule has 0 aromatic rings. The van der Waals surface area contributed by atoms with E-state index >= 15 is 0 Å². The molecular weight excluding hydrogens is 222 g/mol. The fraction of sp³-hybridized carbons (Fsp3) is 1.00. The fourth-order valence-electron chi connectivity index (χ4n) is 0.799. The van der Waals surface area contributed by atoms with Gasteiger partial charge < -0.3 is 5.32 Å². The first-order valence-corrected chi connectivity index (χ1v) is 8.10. The quantitative estimate of drug-likeness (QED) is 0.669. The van der Waals surface area contributed by atoms with Crippen LogP contribution in [0.1, 0.15) is 13.3 Å². The summed E-state index contributed by atoms with van der Waals surface area (Å²) in [5.41, 5.74) is 0. The number of nitrogens with one attached hydrogen (secondary N) is 1. The van der Waals surface area contributed by atoms with E-state index in [2.05, 4.69) is 5.32 Å². The molecule has 1 N–H and O–H groups in total. The monoisotopic (exact) mass is 241 g/mol. The average Bonchev–Trinajstić information content (AvgIpc) is 2.09. The van der Waals surface area contributed by atoms with Gasteiger partial charge >= 0.3 is 0 Å². The summed E-state index contributed by atoms with van der Waals surface area (Å²) in [6.45, 7) is 2.01. The highest BCUT2D eigenvalue weighted by Crippen LogP contribution is 1.95. The van der Waals surface area contributed by atoms with Crippen LogP contribution in [0.25, 0.3) is 0 Å². The Bertz CT molecular complexity index is 274. The maximum Gasteiger partial charge on any atom is 0.148 e. The summed E-state index contributed by atoms with van der Waals surface area (Å²) in [4.78, 5) is 0. The molecule has 0 bridgehead atoms. The van der Waals surface area contributed by atoms with Crippen LogP contribution < -0.4 is 5.32 Å². The summed E-state index contributed by atoms with van der Waals surface area (Å²) < 4.78 is 32.9. The molecule has 6 heteroatoms. The molecule has 2 atom stereocenters. The van der Waals surface area contributed by atoms with Crippen molar-refractivity contribution >= 4 is 20.6 Å². The minimum absolute atomic E-state index is 0.0214. The SMILES string of the molecule is CNC(C)CCS(=O)CCS(C)(=O)=O. The van der Waals surface area contributed by atoms with Crippen LogP contribution in [0.5, 0.6) is 0 Å². The Morgan fingerprint density at radius 3 is 2.36 bits per heavy atom. The van der Waals surface area contributed by atoms with E-state index in [1.54, 1.807) is 0 Å². The van der Waals surface area contributed by atoms with Gasteiger partial charge in [0.25, 0.3) is 0 Å². The van der Waals surface area contributed by atoms with E-state index in [1.807, 2.05) is 14.0 Å². The van der Waals surface area contributed by atoms with Crippen LogP contribution in [0.2, 0.25) is 0 Å². The molecule has 0 saturated carbocycles. The fourth-order valence-corrected chi connectivity index (χ4v) is 3.57. The lowest BCUT2D eigenvalue weighted by Crippen LogP contribution is -2.24. The molecule has 2 unspecified atom stereocenters. The Balaban J connectivity index is 3.67. The van der Waals surface area contributed by atoms with Gasteiger partial charge in [-0.3, -0.25) is 4.21 Å². The molecule has 0 fully saturated rings. The standard InChI is InChI=1S/C8H19NO3S2/c1-8(9-2)4-5-13(10)6-7-14(3,11)12/h8-9H,4-7H2,1-3H3. The second kappa shape index (κ2) is 6.53.